The quantitative estimate of drug-likeness (QED) is 0.0149. The van der Waals surface area contributed by atoms with Crippen molar-refractivity contribution in [3.05, 3.63) is 60.8 Å². The summed E-state index contributed by atoms with van der Waals surface area (Å²) in [7, 11) is 0. The highest BCUT2D eigenvalue weighted by molar-refractivity contribution is 5.76. The Morgan fingerprint density at radius 3 is 1.55 bits per heavy atom. The van der Waals surface area contributed by atoms with Crippen LogP contribution in [0.1, 0.15) is 232 Å². The second-order valence-corrected chi connectivity index (χ2v) is 19.3. The summed E-state index contributed by atoms with van der Waals surface area (Å²) >= 11 is 0. The van der Waals surface area contributed by atoms with E-state index in [1.807, 2.05) is 6.08 Å². The second kappa shape index (κ2) is 47.7. The first-order valence-electron chi connectivity index (χ1n) is 28.1. The van der Waals surface area contributed by atoms with Crippen LogP contribution in [0.25, 0.3) is 0 Å². The molecule has 1 fully saturated rings. The summed E-state index contributed by atoms with van der Waals surface area (Å²) in [5, 5.41) is 54.1. The first-order valence-corrected chi connectivity index (χ1v) is 28.1. The van der Waals surface area contributed by atoms with Gasteiger partial charge in [-0.05, 0) is 103 Å². The smallest absolute Gasteiger partial charge is 0.305 e. The molecule has 0 aliphatic carbocycles. The molecule has 6 N–H and O–H groups in total. The van der Waals surface area contributed by atoms with Gasteiger partial charge in [0.1, 0.15) is 24.4 Å². The van der Waals surface area contributed by atoms with Gasteiger partial charge < -0.3 is 45.1 Å². The Balaban J connectivity index is 2.11. The summed E-state index contributed by atoms with van der Waals surface area (Å²) in [6, 6.07) is -0.844. The van der Waals surface area contributed by atoms with Crippen molar-refractivity contribution < 1.29 is 49.3 Å². The third kappa shape index (κ3) is 37.8. The van der Waals surface area contributed by atoms with E-state index < -0.39 is 49.5 Å². The zero-order valence-corrected chi connectivity index (χ0v) is 43.8. The number of unbranched alkanes of at least 4 members (excludes halogenated alkanes) is 26. The van der Waals surface area contributed by atoms with Crippen molar-refractivity contribution in [1.29, 1.82) is 0 Å². The fraction of sp³-hybridized carbons (Fsp3) is 0.793. The molecule has 7 unspecified atom stereocenters. The molecule has 69 heavy (non-hydrogen) atoms. The lowest BCUT2D eigenvalue weighted by molar-refractivity contribution is -0.302. The number of aliphatic hydroxyl groups is 5. The van der Waals surface area contributed by atoms with Crippen molar-refractivity contribution in [3.8, 4) is 0 Å². The van der Waals surface area contributed by atoms with Crippen LogP contribution in [0.3, 0.4) is 0 Å². The average molecular weight is 974 g/mol. The molecule has 1 aliphatic heterocycles. The Hall–Kier alpha value is -2.64. The lowest BCUT2D eigenvalue weighted by atomic mass is 9.99. The lowest BCUT2D eigenvalue weighted by Crippen LogP contribution is -2.60. The van der Waals surface area contributed by atoms with Crippen LogP contribution in [0.15, 0.2) is 60.8 Å². The van der Waals surface area contributed by atoms with Crippen LogP contribution in [0, 0.1) is 0 Å². The third-order valence-electron chi connectivity index (χ3n) is 12.9. The molecule has 0 aromatic carbocycles. The van der Waals surface area contributed by atoms with Gasteiger partial charge in [-0.3, -0.25) is 9.59 Å². The Morgan fingerprint density at radius 2 is 0.986 bits per heavy atom. The third-order valence-corrected chi connectivity index (χ3v) is 12.9. The van der Waals surface area contributed by atoms with Gasteiger partial charge in [0.2, 0.25) is 5.91 Å². The number of hydrogen-bond acceptors (Lipinski definition) is 10. The van der Waals surface area contributed by atoms with Crippen LogP contribution in [0.5, 0.6) is 0 Å². The van der Waals surface area contributed by atoms with Crippen molar-refractivity contribution in [1.82, 2.24) is 5.32 Å². The number of esters is 1. The van der Waals surface area contributed by atoms with Crippen molar-refractivity contribution in [2.45, 2.75) is 275 Å². The van der Waals surface area contributed by atoms with Crippen LogP contribution >= 0.6 is 0 Å². The van der Waals surface area contributed by atoms with Gasteiger partial charge >= 0.3 is 5.97 Å². The average Bonchev–Trinajstić information content (AvgIpc) is 3.34. The van der Waals surface area contributed by atoms with Crippen molar-refractivity contribution in [2.24, 2.45) is 0 Å². The molecule has 400 valence electrons. The Labute approximate surface area is 420 Å². The molecule has 0 aromatic rings. The van der Waals surface area contributed by atoms with Crippen LogP contribution in [0.4, 0.5) is 0 Å². The number of rotatable bonds is 47. The molecular weight excluding hydrogens is 871 g/mol. The number of amides is 1. The van der Waals surface area contributed by atoms with E-state index >= 15 is 0 Å². The SMILES string of the molecule is CCCCC/C=C/CC/C=C/C(O)C(COC1OC(CO)C(O)C(O)C1O)NC(=O)CCCCCCCC/C=C\C=C/CCCCCOC(=O)CCCCCCCCC/C=C\CCCCCCCC. The minimum Gasteiger partial charge on any atom is -0.466 e. The molecule has 0 aromatic heterocycles. The van der Waals surface area contributed by atoms with Gasteiger partial charge in [0.15, 0.2) is 6.29 Å². The number of carbonyl (C=O) groups excluding carboxylic acids is 2. The Morgan fingerprint density at radius 1 is 0.536 bits per heavy atom. The van der Waals surface area contributed by atoms with E-state index in [9.17, 15) is 35.1 Å². The van der Waals surface area contributed by atoms with E-state index in [0.717, 1.165) is 103 Å². The summed E-state index contributed by atoms with van der Waals surface area (Å²) in [5.41, 5.74) is 0. The monoisotopic (exact) mass is 974 g/mol. The number of aliphatic hydroxyl groups excluding tert-OH is 5. The maximum Gasteiger partial charge on any atom is 0.305 e. The van der Waals surface area contributed by atoms with Crippen molar-refractivity contribution in [2.75, 3.05) is 19.8 Å². The molecule has 1 heterocycles. The van der Waals surface area contributed by atoms with Crippen LogP contribution < -0.4 is 5.32 Å². The zero-order chi connectivity index (χ0) is 50.3. The van der Waals surface area contributed by atoms with Crippen molar-refractivity contribution in [3.63, 3.8) is 0 Å². The molecule has 1 amide bonds. The minimum absolute atomic E-state index is 0.0464. The van der Waals surface area contributed by atoms with E-state index in [1.54, 1.807) is 6.08 Å². The molecular formula is C58H103NO10. The summed E-state index contributed by atoms with van der Waals surface area (Å²) in [4.78, 5) is 25.0. The molecule has 11 nitrogen and oxygen atoms in total. The molecule has 1 aliphatic rings. The summed E-state index contributed by atoms with van der Waals surface area (Å²) in [6.45, 7) is 4.18. The molecule has 1 rings (SSSR count). The highest BCUT2D eigenvalue weighted by Crippen LogP contribution is 2.23. The molecule has 11 heteroatoms. The largest absolute Gasteiger partial charge is 0.466 e. The molecule has 0 bridgehead atoms. The lowest BCUT2D eigenvalue weighted by Gasteiger charge is -2.40. The Kier molecular flexibility index (Phi) is 44.5. The van der Waals surface area contributed by atoms with E-state index in [2.05, 4.69) is 67.8 Å². The fourth-order valence-electron chi connectivity index (χ4n) is 8.32. The number of hydrogen-bond donors (Lipinski definition) is 6. The molecule has 7 atom stereocenters. The van der Waals surface area contributed by atoms with Gasteiger partial charge in [-0.15, -0.1) is 0 Å². The first-order chi connectivity index (χ1) is 33.7. The second-order valence-electron chi connectivity index (χ2n) is 19.3. The number of ether oxygens (including phenoxy) is 3. The summed E-state index contributed by atoms with van der Waals surface area (Å²) in [5.74, 6) is -0.265. The number of nitrogens with one attached hydrogen (secondary N) is 1. The topological polar surface area (TPSA) is 175 Å². The highest BCUT2D eigenvalue weighted by Gasteiger charge is 2.44. The maximum atomic E-state index is 13.0. The van der Waals surface area contributed by atoms with Gasteiger partial charge in [0.05, 0.1) is 32.0 Å². The van der Waals surface area contributed by atoms with Gasteiger partial charge in [0.25, 0.3) is 0 Å². The molecule has 1 saturated heterocycles. The zero-order valence-electron chi connectivity index (χ0n) is 43.8. The maximum absolute atomic E-state index is 13.0. The van der Waals surface area contributed by atoms with E-state index in [-0.39, 0.29) is 18.5 Å². The van der Waals surface area contributed by atoms with E-state index in [0.29, 0.717) is 19.4 Å². The molecule has 0 spiro atoms. The van der Waals surface area contributed by atoms with Gasteiger partial charge in [-0.1, -0.05) is 177 Å². The van der Waals surface area contributed by atoms with Gasteiger partial charge in [0, 0.05) is 12.8 Å². The van der Waals surface area contributed by atoms with Crippen LogP contribution in [-0.2, 0) is 23.8 Å². The standard InChI is InChI=1S/C58H103NO10/c1-3-5-7-9-11-13-14-15-16-17-20-23-26-30-34-38-42-46-54(63)67-47-43-39-35-31-27-24-21-18-19-22-25-29-33-37-41-45-53(62)59-50(51(61)44-40-36-32-28-12-10-8-6-4-2)49-68-58-57(66)56(65)55(64)52(48-60)69-58/h12,15-16,18,21,24,27-28,40,44,50-52,55-58,60-61,64-66H,3-11,13-14,17,19-20,22-23,25-26,29-39,41-43,45-49H2,1-2H3,(H,59,62)/b16-15-,21-18-,27-24-,28-12+,44-40+. The summed E-state index contributed by atoms with van der Waals surface area (Å²) in [6.07, 6.45) is 50.4. The van der Waals surface area contributed by atoms with Gasteiger partial charge in [-0.2, -0.15) is 0 Å². The fourth-order valence-corrected chi connectivity index (χ4v) is 8.32. The predicted octanol–water partition coefficient (Wildman–Crippen LogP) is 12.3. The predicted molar refractivity (Wildman–Crippen MR) is 283 cm³/mol. The first kappa shape index (κ1) is 64.4. The normalized spacial score (nSPS) is 19.8. The minimum atomic E-state index is -1.59. The van der Waals surface area contributed by atoms with Gasteiger partial charge in [-0.25, -0.2) is 0 Å². The Bertz CT molecular complexity index is 1330. The number of allylic oxidation sites excluding steroid dienone is 9. The molecule has 0 saturated carbocycles. The highest BCUT2D eigenvalue weighted by atomic mass is 16.7. The van der Waals surface area contributed by atoms with Crippen LogP contribution in [0.2, 0.25) is 0 Å². The van der Waals surface area contributed by atoms with Crippen molar-refractivity contribution >= 4 is 11.9 Å². The van der Waals surface area contributed by atoms with Crippen LogP contribution in [-0.4, -0.2) is 100 Å². The molecule has 0 radical (unpaired) electrons. The number of carbonyl (C=O) groups is 2. The summed E-state index contributed by atoms with van der Waals surface area (Å²) < 4.78 is 16.6. The van der Waals surface area contributed by atoms with E-state index in [1.165, 1.54) is 103 Å². The van der Waals surface area contributed by atoms with E-state index in [4.69, 9.17) is 14.2 Å².